The Hall–Kier alpha value is 3.21. The molecule has 0 atom stereocenters. The summed E-state index contributed by atoms with van der Waals surface area (Å²) in [5, 5.41) is 0. The van der Waals surface area contributed by atoms with Crippen LogP contribution in [-0.4, -0.2) is 0 Å². The molecule has 0 aromatic carbocycles. The van der Waals surface area contributed by atoms with Gasteiger partial charge in [-0.15, -0.1) is 50.9 Å². The van der Waals surface area contributed by atoms with Gasteiger partial charge in [0.05, 0.1) is 0 Å². The summed E-state index contributed by atoms with van der Waals surface area (Å²) < 4.78 is 0. The van der Waals surface area contributed by atoms with Crippen LogP contribution in [0.3, 0.4) is 0 Å². The Kier molecular flexibility index (Phi) is 224. The quantitative estimate of drug-likeness (QED) is 0.555. The maximum absolute atomic E-state index is 0. The van der Waals surface area contributed by atoms with E-state index >= 15 is 0 Å². The molecule has 0 spiro atoms. The van der Waals surface area contributed by atoms with E-state index < -0.39 is 0 Å². The van der Waals surface area contributed by atoms with Crippen LogP contribution in [0, 0.1) is 0 Å². The van der Waals surface area contributed by atoms with E-state index in [0.29, 0.717) is 0 Å². The van der Waals surface area contributed by atoms with Crippen LogP contribution in [0.4, 0.5) is 0 Å². The summed E-state index contributed by atoms with van der Waals surface area (Å²) in [4.78, 5) is 0. The Morgan fingerprint density at radius 1 is 0.400 bits per heavy atom. The average molecular weight is 425 g/mol. The van der Waals surface area contributed by atoms with Crippen molar-refractivity contribution in [3.8, 4) is 0 Å². The Morgan fingerprint density at radius 2 is 0.400 bits per heavy atom. The summed E-state index contributed by atoms with van der Waals surface area (Å²) in [5.41, 5.74) is 0. The van der Waals surface area contributed by atoms with Gasteiger partial charge in [0.1, 0.15) is 0 Å². The molecule has 0 bridgehead atoms. The van der Waals surface area contributed by atoms with Gasteiger partial charge in [-0.25, -0.2) is 0 Å². The SMILES string of the molecule is Br.Br.Br.[Zr].[Zr]. The molecule has 0 saturated heterocycles. The van der Waals surface area contributed by atoms with E-state index in [0.717, 1.165) is 0 Å². The first-order chi connectivity index (χ1) is 0. The van der Waals surface area contributed by atoms with Gasteiger partial charge < -0.3 is 0 Å². The second kappa shape index (κ2) is 27.0. The van der Waals surface area contributed by atoms with Crippen molar-refractivity contribution in [2.75, 3.05) is 0 Å². The van der Waals surface area contributed by atoms with Crippen LogP contribution in [0.5, 0.6) is 0 Å². The summed E-state index contributed by atoms with van der Waals surface area (Å²) in [6.07, 6.45) is 0. The maximum atomic E-state index is 0. The van der Waals surface area contributed by atoms with E-state index in [-0.39, 0.29) is 103 Å². The fraction of sp³-hybridized carbons (Fsp3) is 0. The summed E-state index contributed by atoms with van der Waals surface area (Å²) in [5.74, 6) is 0. The molecule has 0 fully saturated rings. The molecule has 32 valence electrons. The van der Waals surface area contributed by atoms with Crippen molar-refractivity contribution >= 4 is 50.9 Å². The second-order valence-electron chi connectivity index (χ2n) is 0. The molecule has 0 aliphatic carbocycles. The summed E-state index contributed by atoms with van der Waals surface area (Å²) in [6, 6.07) is 0. The van der Waals surface area contributed by atoms with Gasteiger partial charge >= 0.3 is 0 Å². The zero-order valence-electron chi connectivity index (χ0n) is 2.22. The van der Waals surface area contributed by atoms with E-state index in [2.05, 4.69) is 0 Å². The molecule has 0 N–H and O–H groups in total. The minimum absolute atomic E-state index is 0. The summed E-state index contributed by atoms with van der Waals surface area (Å²) in [6.45, 7) is 0. The third-order valence-corrected chi connectivity index (χ3v) is 0. The number of rotatable bonds is 0. The van der Waals surface area contributed by atoms with Crippen LogP contribution in [0.15, 0.2) is 0 Å². The Bertz CT molecular complexity index is 4.85. The minimum Gasteiger partial charge on any atom is -0.114 e. The van der Waals surface area contributed by atoms with E-state index in [1.54, 1.807) is 0 Å². The van der Waals surface area contributed by atoms with Crippen LogP contribution in [0.1, 0.15) is 0 Å². The number of hydrogen-bond donors (Lipinski definition) is 0. The zero-order chi connectivity index (χ0) is 0. The largest absolute Gasteiger partial charge is 0.114 e. The molecule has 0 aliphatic heterocycles. The van der Waals surface area contributed by atoms with E-state index in [9.17, 15) is 0 Å². The van der Waals surface area contributed by atoms with Crippen molar-refractivity contribution in [3.05, 3.63) is 0 Å². The maximum Gasteiger partial charge on any atom is 0 e. The van der Waals surface area contributed by atoms with Crippen LogP contribution in [0.25, 0.3) is 0 Å². The molecular formula is H3Br3Zr2. The van der Waals surface area contributed by atoms with Gasteiger partial charge in [0.15, 0.2) is 0 Å². The first-order valence-corrected chi connectivity index (χ1v) is 0. The van der Waals surface area contributed by atoms with Gasteiger partial charge in [-0.1, -0.05) is 0 Å². The Morgan fingerprint density at radius 3 is 0.400 bits per heavy atom. The molecule has 0 rings (SSSR count). The van der Waals surface area contributed by atoms with Crippen molar-refractivity contribution in [1.82, 2.24) is 0 Å². The van der Waals surface area contributed by atoms with Crippen molar-refractivity contribution in [2.24, 2.45) is 0 Å². The second-order valence-corrected chi connectivity index (χ2v) is 0. The topological polar surface area (TPSA) is 0 Å². The molecule has 0 aliphatic rings. The smallest absolute Gasteiger partial charge is 0 e. The standard InChI is InChI=1S/3BrH.2Zr/h3*1H;;. The Balaban J connectivity index is 0. The van der Waals surface area contributed by atoms with Crippen molar-refractivity contribution in [3.63, 3.8) is 0 Å². The predicted molar refractivity (Wildman–Crippen MR) is 31.0 cm³/mol. The number of halogens is 3. The van der Waals surface area contributed by atoms with Gasteiger partial charge in [-0.05, 0) is 0 Å². The van der Waals surface area contributed by atoms with Crippen molar-refractivity contribution in [1.29, 1.82) is 0 Å². The molecule has 0 heterocycles. The summed E-state index contributed by atoms with van der Waals surface area (Å²) in [7, 11) is 0. The average Bonchev–Trinajstić information content (AvgIpc) is 0. The fourth-order valence-electron chi connectivity index (χ4n) is 0. The van der Waals surface area contributed by atoms with Crippen LogP contribution in [-0.2, 0) is 52.4 Å². The van der Waals surface area contributed by atoms with Crippen molar-refractivity contribution < 1.29 is 52.4 Å². The monoisotopic (exact) mass is 420 g/mol. The van der Waals surface area contributed by atoms with Crippen LogP contribution in [0.2, 0.25) is 0 Å². The van der Waals surface area contributed by atoms with Gasteiger partial charge in [-0.3, -0.25) is 0 Å². The van der Waals surface area contributed by atoms with Gasteiger partial charge in [-0.2, -0.15) is 0 Å². The number of hydrogen-bond acceptors (Lipinski definition) is 0. The van der Waals surface area contributed by atoms with Gasteiger partial charge in [0.2, 0.25) is 0 Å². The molecule has 5 heteroatoms. The minimum atomic E-state index is 0. The van der Waals surface area contributed by atoms with E-state index in [4.69, 9.17) is 0 Å². The van der Waals surface area contributed by atoms with E-state index in [1.165, 1.54) is 0 Å². The molecule has 0 radical (unpaired) electrons. The van der Waals surface area contributed by atoms with Gasteiger partial charge in [0, 0.05) is 52.4 Å². The molecule has 0 aromatic rings. The molecule has 5 heavy (non-hydrogen) atoms. The third kappa shape index (κ3) is 19.0. The predicted octanol–water partition coefficient (Wildman–Crippen LogP) is 1.73. The van der Waals surface area contributed by atoms with Crippen LogP contribution < -0.4 is 0 Å². The van der Waals surface area contributed by atoms with Crippen LogP contribution >= 0.6 is 50.9 Å². The van der Waals surface area contributed by atoms with E-state index in [1.807, 2.05) is 0 Å². The summed E-state index contributed by atoms with van der Waals surface area (Å²) >= 11 is 0. The first kappa shape index (κ1) is 41.5. The first-order valence-electron chi connectivity index (χ1n) is 0. The third-order valence-electron chi connectivity index (χ3n) is 0. The molecule has 0 unspecified atom stereocenters. The fourth-order valence-corrected chi connectivity index (χ4v) is 0. The molecule has 0 nitrogen and oxygen atoms in total. The zero-order valence-corrected chi connectivity index (χ0v) is 12.3. The molecular weight excluding hydrogens is 422 g/mol. The molecule has 0 saturated carbocycles. The van der Waals surface area contributed by atoms with Crippen molar-refractivity contribution in [2.45, 2.75) is 0 Å². The molecule has 0 amide bonds. The van der Waals surface area contributed by atoms with Gasteiger partial charge in [0.25, 0.3) is 0 Å². The molecule has 0 aromatic heterocycles. The normalized spacial score (nSPS) is 0. The Labute approximate surface area is 101 Å².